The van der Waals surface area contributed by atoms with Crippen LogP contribution in [0.4, 0.5) is 10.1 Å². The van der Waals surface area contributed by atoms with Gasteiger partial charge in [-0.2, -0.15) is 0 Å². The maximum absolute atomic E-state index is 13.8. The van der Waals surface area contributed by atoms with E-state index in [1.165, 1.54) is 12.1 Å². The highest BCUT2D eigenvalue weighted by Gasteiger charge is 2.22. The van der Waals surface area contributed by atoms with Gasteiger partial charge in [0, 0.05) is 43.6 Å². The molecule has 29 heavy (non-hydrogen) atoms. The van der Waals surface area contributed by atoms with Crippen LogP contribution in [0.5, 0.6) is 0 Å². The standard InChI is InChI=1S/C22H25BrFN3O2/c1-16-4-2-3-5-17(16)14-22(29)27-12-10-26(11-13-27)9-8-21(28)25-20-7-6-18(23)15-19(20)24/h2-7,15H,8-14H2,1H3,(H,25,28). The maximum atomic E-state index is 13.8. The van der Waals surface area contributed by atoms with Crippen molar-refractivity contribution in [3.8, 4) is 0 Å². The van der Waals surface area contributed by atoms with Gasteiger partial charge in [0.15, 0.2) is 0 Å². The normalized spacial score (nSPS) is 14.7. The van der Waals surface area contributed by atoms with Crippen molar-refractivity contribution in [3.63, 3.8) is 0 Å². The smallest absolute Gasteiger partial charge is 0.227 e. The summed E-state index contributed by atoms with van der Waals surface area (Å²) in [4.78, 5) is 28.7. The molecule has 5 nitrogen and oxygen atoms in total. The molecule has 1 fully saturated rings. The number of carbonyl (C=O) groups is 2. The molecule has 2 aromatic rings. The Balaban J connectivity index is 1.41. The Kier molecular flexibility index (Phi) is 7.39. The van der Waals surface area contributed by atoms with Crippen molar-refractivity contribution in [2.75, 3.05) is 38.0 Å². The number of benzene rings is 2. The minimum absolute atomic E-state index is 0.141. The first kappa shape index (κ1) is 21.5. The van der Waals surface area contributed by atoms with Gasteiger partial charge in [-0.05, 0) is 36.2 Å². The van der Waals surface area contributed by atoms with Crippen LogP contribution in [0.1, 0.15) is 17.5 Å². The third kappa shape index (κ3) is 6.11. The Morgan fingerprint density at radius 2 is 1.83 bits per heavy atom. The van der Waals surface area contributed by atoms with Gasteiger partial charge in [-0.1, -0.05) is 40.2 Å². The summed E-state index contributed by atoms with van der Waals surface area (Å²) in [7, 11) is 0. The molecule has 7 heteroatoms. The number of aryl methyl sites for hydroxylation is 1. The van der Waals surface area contributed by atoms with E-state index in [1.807, 2.05) is 36.1 Å². The molecule has 1 aliphatic heterocycles. The second-order valence-corrected chi connectivity index (χ2v) is 8.16. The number of amides is 2. The summed E-state index contributed by atoms with van der Waals surface area (Å²) >= 11 is 3.19. The van der Waals surface area contributed by atoms with Crippen LogP contribution in [-0.4, -0.2) is 54.3 Å². The molecule has 2 aromatic carbocycles. The van der Waals surface area contributed by atoms with Crippen molar-refractivity contribution >= 4 is 33.4 Å². The predicted octanol–water partition coefficient (Wildman–Crippen LogP) is 3.61. The lowest BCUT2D eigenvalue weighted by atomic mass is 10.1. The zero-order chi connectivity index (χ0) is 20.8. The van der Waals surface area contributed by atoms with E-state index in [0.717, 1.165) is 24.2 Å². The van der Waals surface area contributed by atoms with E-state index in [0.29, 0.717) is 30.5 Å². The van der Waals surface area contributed by atoms with Crippen molar-refractivity contribution in [2.24, 2.45) is 0 Å². The van der Waals surface area contributed by atoms with E-state index < -0.39 is 5.82 Å². The summed E-state index contributed by atoms with van der Waals surface area (Å²) in [5.41, 5.74) is 2.38. The van der Waals surface area contributed by atoms with Crippen LogP contribution in [0.2, 0.25) is 0 Å². The van der Waals surface area contributed by atoms with Gasteiger partial charge in [0.2, 0.25) is 11.8 Å². The van der Waals surface area contributed by atoms with Crippen molar-refractivity contribution in [2.45, 2.75) is 19.8 Å². The summed E-state index contributed by atoms with van der Waals surface area (Å²) in [6, 6.07) is 12.5. The number of piperazine rings is 1. The van der Waals surface area contributed by atoms with Gasteiger partial charge in [-0.15, -0.1) is 0 Å². The zero-order valence-electron chi connectivity index (χ0n) is 16.5. The molecule has 1 saturated heterocycles. The summed E-state index contributed by atoms with van der Waals surface area (Å²) < 4.78 is 14.4. The first-order valence-corrected chi connectivity index (χ1v) is 10.5. The van der Waals surface area contributed by atoms with E-state index in [2.05, 4.69) is 26.1 Å². The molecule has 0 spiro atoms. The first-order valence-electron chi connectivity index (χ1n) is 9.72. The third-order valence-electron chi connectivity index (χ3n) is 5.19. The molecular weight excluding hydrogens is 437 g/mol. The average molecular weight is 462 g/mol. The Hall–Kier alpha value is -2.25. The third-order valence-corrected chi connectivity index (χ3v) is 5.68. The molecule has 0 bridgehead atoms. The highest BCUT2D eigenvalue weighted by atomic mass is 79.9. The number of hydrogen-bond donors (Lipinski definition) is 1. The molecule has 3 rings (SSSR count). The maximum Gasteiger partial charge on any atom is 0.227 e. The van der Waals surface area contributed by atoms with Crippen LogP contribution >= 0.6 is 15.9 Å². The second-order valence-electron chi connectivity index (χ2n) is 7.25. The molecule has 0 aliphatic carbocycles. The topological polar surface area (TPSA) is 52.7 Å². The van der Waals surface area contributed by atoms with Crippen LogP contribution in [0.25, 0.3) is 0 Å². The van der Waals surface area contributed by atoms with E-state index >= 15 is 0 Å². The van der Waals surface area contributed by atoms with Crippen LogP contribution in [-0.2, 0) is 16.0 Å². The first-order chi connectivity index (χ1) is 13.9. The lowest BCUT2D eigenvalue weighted by molar-refractivity contribution is -0.132. The van der Waals surface area contributed by atoms with Crippen molar-refractivity contribution < 1.29 is 14.0 Å². The quantitative estimate of drug-likeness (QED) is 0.714. The largest absolute Gasteiger partial charge is 0.340 e. The SMILES string of the molecule is Cc1ccccc1CC(=O)N1CCN(CCC(=O)Nc2ccc(Br)cc2F)CC1. The summed E-state index contributed by atoms with van der Waals surface area (Å²) in [6.07, 6.45) is 0.709. The van der Waals surface area contributed by atoms with Crippen LogP contribution in [0.3, 0.4) is 0 Å². The van der Waals surface area contributed by atoms with Gasteiger partial charge in [0.05, 0.1) is 12.1 Å². The molecule has 0 saturated carbocycles. The lowest BCUT2D eigenvalue weighted by Gasteiger charge is -2.34. The van der Waals surface area contributed by atoms with E-state index in [-0.39, 0.29) is 23.9 Å². The molecule has 0 atom stereocenters. The highest BCUT2D eigenvalue weighted by Crippen LogP contribution is 2.19. The molecule has 0 radical (unpaired) electrons. The number of nitrogens with one attached hydrogen (secondary N) is 1. The predicted molar refractivity (Wildman–Crippen MR) is 115 cm³/mol. The van der Waals surface area contributed by atoms with E-state index in [4.69, 9.17) is 0 Å². The summed E-state index contributed by atoms with van der Waals surface area (Å²) in [6.45, 7) is 5.40. The monoisotopic (exact) mass is 461 g/mol. The number of carbonyl (C=O) groups excluding carboxylic acids is 2. The van der Waals surface area contributed by atoms with Crippen LogP contribution in [0, 0.1) is 12.7 Å². The van der Waals surface area contributed by atoms with E-state index in [9.17, 15) is 14.0 Å². The fourth-order valence-electron chi connectivity index (χ4n) is 3.37. The van der Waals surface area contributed by atoms with Gasteiger partial charge in [-0.25, -0.2) is 4.39 Å². The molecular formula is C22H25BrFN3O2. The number of nitrogens with zero attached hydrogens (tertiary/aromatic N) is 2. The van der Waals surface area contributed by atoms with E-state index in [1.54, 1.807) is 6.07 Å². The Bertz CT molecular complexity index is 882. The van der Waals surface area contributed by atoms with Gasteiger partial charge >= 0.3 is 0 Å². The zero-order valence-corrected chi connectivity index (χ0v) is 18.0. The minimum Gasteiger partial charge on any atom is -0.340 e. The molecule has 0 aromatic heterocycles. The van der Waals surface area contributed by atoms with Crippen molar-refractivity contribution in [1.29, 1.82) is 0 Å². The van der Waals surface area contributed by atoms with Gasteiger partial charge in [0.25, 0.3) is 0 Å². The second kappa shape index (κ2) is 9.98. The average Bonchev–Trinajstić information content (AvgIpc) is 2.70. The highest BCUT2D eigenvalue weighted by molar-refractivity contribution is 9.10. The van der Waals surface area contributed by atoms with Crippen LogP contribution < -0.4 is 5.32 Å². The summed E-state index contributed by atoms with van der Waals surface area (Å²) in [5.74, 6) is -0.541. The fourth-order valence-corrected chi connectivity index (χ4v) is 3.70. The van der Waals surface area contributed by atoms with Crippen LogP contribution in [0.15, 0.2) is 46.9 Å². The molecule has 1 heterocycles. The minimum atomic E-state index is -0.464. The fraction of sp³-hybridized carbons (Fsp3) is 0.364. The van der Waals surface area contributed by atoms with Crippen molar-refractivity contribution in [3.05, 3.63) is 63.9 Å². The molecule has 1 N–H and O–H groups in total. The van der Waals surface area contributed by atoms with Gasteiger partial charge in [0.1, 0.15) is 5.82 Å². The molecule has 2 amide bonds. The Morgan fingerprint density at radius 1 is 1.10 bits per heavy atom. The van der Waals surface area contributed by atoms with Gasteiger partial charge in [-0.3, -0.25) is 14.5 Å². The number of anilines is 1. The number of rotatable bonds is 6. The Labute approximate surface area is 179 Å². The summed E-state index contributed by atoms with van der Waals surface area (Å²) in [5, 5.41) is 2.61. The number of halogens is 2. The lowest BCUT2D eigenvalue weighted by Crippen LogP contribution is -2.49. The molecule has 1 aliphatic rings. The van der Waals surface area contributed by atoms with Gasteiger partial charge < -0.3 is 10.2 Å². The van der Waals surface area contributed by atoms with Crippen molar-refractivity contribution in [1.82, 2.24) is 9.80 Å². The molecule has 154 valence electrons. The Morgan fingerprint density at radius 3 is 2.52 bits per heavy atom. The number of hydrogen-bond acceptors (Lipinski definition) is 3. The molecule has 0 unspecified atom stereocenters.